The summed E-state index contributed by atoms with van der Waals surface area (Å²) in [6.45, 7) is 9.62. The molecule has 2 bridgehead atoms. The topological polar surface area (TPSA) is 43.4 Å². The van der Waals surface area contributed by atoms with Gasteiger partial charge in [0.1, 0.15) is 11.2 Å². The molecular weight excluding hydrogens is 368 g/mol. The van der Waals surface area contributed by atoms with E-state index in [1.54, 1.807) is 0 Å². The third kappa shape index (κ3) is 3.31. The Bertz CT molecular complexity index is 644. The summed E-state index contributed by atoms with van der Waals surface area (Å²) in [5, 5.41) is 0. The van der Waals surface area contributed by atoms with E-state index < -0.39 is 0 Å². The van der Waals surface area contributed by atoms with E-state index in [-0.39, 0.29) is 23.6 Å². The predicted octanol–water partition coefficient (Wildman–Crippen LogP) is 3.74. The number of ether oxygens (including phenoxy) is 2. The normalized spacial score (nSPS) is 48.7. The second-order valence-corrected chi connectivity index (χ2v) is 10.6. The van der Waals surface area contributed by atoms with Gasteiger partial charge < -0.3 is 19.3 Å². The molecule has 6 nitrogen and oxygen atoms in total. The van der Waals surface area contributed by atoms with Gasteiger partial charge in [-0.15, -0.1) is 0 Å². The highest BCUT2D eigenvalue weighted by atomic mass is 17.2. The summed E-state index contributed by atoms with van der Waals surface area (Å²) in [4.78, 5) is 16.9. The lowest BCUT2D eigenvalue weighted by molar-refractivity contribution is -0.495. The number of rotatable bonds is 5. The molecule has 6 heteroatoms. The summed E-state index contributed by atoms with van der Waals surface area (Å²) in [6.07, 6.45) is 10.9. The van der Waals surface area contributed by atoms with Gasteiger partial charge in [0.2, 0.25) is 0 Å². The fourth-order valence-corrected chi connectivity index (χ4v) is 6.81. The van der Waals surface area contributed by atoms with Crippen LogP contribution in [-0.2, 0) is 19.2 Å². The molecular formula is C23H38N2O4. The van der Waals surface area contributed by atoms with Gasteiger partial charge in [0.05, 0.1) is 19.4 Å². The Morgan fingerprint density at radius 1 is 1.10 bits per heavy atom. The van der Waals surface area contributed by atoms with Gasteiger partial charge in [-0.05, 0) is 50.9 Å². The maximum Gasteiger partial charge on any atom is 0.160 e. The Morgan fingerprint density at radius 2 is 1.97 bits per heavy atom. The highest BCUT2D eigenvalue weighted by molar-refractivity contribution is 5.13. The molecule has 4 aliphatic heterocycles. The van der Waals surface area contributed by atoms with Gasteiger partial charge in [0.15, 0.2) is 6.29 Å². The average molecular weight is 407 g/mol. The fraction of sp³-hybridized carbons (Fsp3) is 0.913. The summed E-state index contributed by atoms with van der Waals surface area (Å²) >= 11 is 0. The van der Waals surface area contributed by atoms with Gasteiger partial charge >= 0.3 is 0 Å². The van der Waals surface area contributed by atoms with Gasteiger partial charge in [-0.1, -0.05) is 13.8 Å². The van der Waals surface area contributed by atoms with Gasteiger partial charge in [-0.3, -0.25) is 0 Å². The van der Waals surface area contributed by atoms with Crippen molar-refractivity contribution in [3.8, 4) is 0 Å². The minimum absolute atomic E-state index is 0.0814. The molecule has 0 aromatic heterocycles. The van der Waals surface area contributed by atoms with Crippen LogP contribution in [0.3, 0.4) is 0 Å². The van der Waals surface area contributed by atoms with E-state index >= 15 is 0 Å². The molecule has 4 heterocycles. The smallest absolute Gasteiger partial charge is 0.160 e. The molecule has 6 aliphatic rings. The van der Waals surface area contributed by atoms with Crippen LogP contribution >= 0.6 is 0 Å². The van der Waals surface area contributed by atoms with Crippen LogP contribution in [0.4, 0.5) is 0 Å². The van der Waals surface area contributed by atoms with Crippen molar-refractivity contribution in [3.63, 3.8) is 0 Å². The number of fused-ring (bicyclic) bond motifs is 2. The SMILES string of the molecule is C[C@H]1[C@@H](OCCCN2C=CN(C)C2)O[C@@H]2C[C@]3(C)CC[C@H]4[C@H](C)CC[C@@H]1[C@@]24OO3. The van der Waals surface area contributed by atoms with Crippen molar-refractivity contribution in [3.05, 3.63) is 12.4 Å². The molecule has 0 amide bonds. The first-order valence-corrected chi connectivity index (χ1v) is 11.7. The third-order valence-electron chi connectivity index (χ3n) is 8.44. The Balaban J connectivity index is 1.27. The van der Waals surface area contributed by atoms with Crippen molar-refractivity contribution in [1.82, 2.24) is 9.80 Å². The van der Waals surface area contributed by atoms with Crippen LogP contribution in [0.15, 0.2) is 12.4 Å². The molecule has 1 spiro atoms. The lowest BCUT2D eigenvalue weighted by Crippen LogP contribution is -2.69. The standard InChI is InChI=1S/C23H38N2O4/c1-16-6-7-19-17(2)21(26-13-5-10-25-12-11-24(4)15-25)27-20-14-22(3)9-8-18(16)23(19,20)29-28-22/h11-12,16-21H,5-10,13-15H2,1-4H3/t16-,17-,18+,19+,20-,21+,22+,23-/m1/s1. The molecule has 0 unspecified atom stereocenters. The lowest BCUT2D eigenvalue weighted by atomic mass is 9.56. The Hall–Kier alpha value is -0.820. The maximum absolute atomic E-state index is 6.68. The molecule has 0 aromatic rings. The van der Waals surface area contributed by atoms with Crippen molar-refractivity contribution in [1.29, 1.82) is 0 Å². The lowest BCUT2D eigenvalue weighted by Gasteiger charge is -2.61. The molecule has 0 aromatic carbocycles. The van der Waals surface area contributed by atoms with Crippen molar-refractivity contribution in [2.75, 3.05) is 26.9 Å². The second kappa shape index (κ2) is 7.40. The number of hydrogen-bond donors (Lipinski definition) is 0. The zero-order valence-corrected chi connectivity index (χ0v) is 18.5. The monoisotopic (exact) mass is 406 g/mol. The number of hydrogen-bond acceptors (Lipinski definition) is 6. The molecule has 8 atom stereocenters. The van der Waals surface area contributed by atoms with Crippen molar-refractivity contribution >= 4 is 0 Å². The Kier molecular flexibility index (Phi) is 5.13. The zero-order valence-electron chi connectivity index (χ0n) is 18.5. The molecule has 0 radical (unpaired) electrons. The van der Waals surface area contributed by atoms with Crippen molar-refractivity contribution in [2.45, 2.75) is 82.9 Å². The largest absolute Gasteiger partial charge is 0.362 e. The van der Waals surface area contributed by atoms with Crippen LogP contribution < -0.4 is 0 Å². The summed E-state index contributed by atoms with van der Waals surface area (Å²) in [5.74, 6) is 1.96. The third-order valence-corrected chi connectivity index (χ3v) is 8.44. The molecule has 2 aliphatic carbocycles. The van der Waals surface area contributed by atoms with Gasteiger partial charge in [0, 0.05) is 44.2 Å². The van der Waals surface area contributed by atoms with Crippen LogP contribution in [0.1, 0.15) is 59.3 Å². The molecule has 0 N–H and O–H groups in total. The first-order valence-electron chi connectivity index (χ1n) is 11.7. The molecule has 29 heavy (non-hydrogen) atoms. The summed E-state index contributed by atoms with van der Waals surface area (Å²) in [5.41, 5.74) is -0.505. The molecule has 5 fully saturated rings. The minimum atomic E-state index is -0.280. The van der Waals surface area contributed by atoms with E-state index in [1.807, 2.05) is 0 Å². The second-order valence-electron chi connectivity index (χ2n) is 10.6. The van der Waals surface area contributed by atoms with Crippen LogP contribution in [0.2, 0.25) is 0 Å². The first-order chi connectivity index (χ1) is 13.9. The van der Waals surface area contributed by atoms with Crippen LogP contribution in [0.5, 0.6) is 0 Å². The van der Waals surface area contributed by atoms with Gasteiger partial charge in [-0.2, -0.15) is 0 Å². The predicted molar refractivity (Wildman–Crippen MR) is 109 cm³/mol. The number of nitrogens with zero attached hydrogens (tertiary/aromatic N) is 2. The molecule has 6 rings (SSSR count). The highest BCUT2D eigenvalue weighted by Gasteiger charge is 2.68. The highest BCUT2D eigenvalue weighted by Crippen LogP contribution is 2.61. The average Bonchev–Trinajstić information content (AvgIpc) is 2.97. The van der Waals surface area contributed by atoms with E-state index in [9.17, 15) is 0 Å². The first kappa shape index (κ1) is 20.1. The molecule has 2 saturated carbocycles. The van der Waals surface area contributed by atoms with Crippen LogP contribution in [-0.4, -0.2) is 60.3 Å². The van der Waals surface area contributed by atoms with E-state index in [1.165, 1.54) is 19.3 Å². The zero-order chi connectivity index (χ0) is 20.2. The Morgan fingerprint density at radius 3 is 2.76 bits per heavy atom. The Labute approximate surface area is 175 Å². The van der Waals surface area contributed by atoms with E-state index in [0.29, 0.717) is 23.7 Å². The summed E-state index contributed by atoms with van der Waals surface area (Å²) in [6, 6.07) is 0. The minimum Gasteiger partial charge on any atom is -0.362 e. The van der Waals surface area contributed by atoms with E-state index in [4.69, 9.17) is 19.2 Å². The van der Waals surface area contributed by atoms with Crippen molar-refractivity contribution < 1.29 is 19.2 Å². The van der Waals surface area contributed by atoms with Crippen LogP contribution in [0.25, 0.3) is 0 Å². The van der Waals surface area contributed by atoms with Crippen molar-refractivity contribution in [2.24, 2.45) is 23.7 Å². The van der Waals surface area contributed by atoms with Gasteiger partial charge in [-0.25, -0.2) is 9.78 Å². The summed E-state index contributed by atoms with van der Waals surface area (Å²) in [7, 11) is 2.10. The summed E-state index contributed by atoms with van der Waals surface area (Å²) < 4.78 is 13.0. The fourth-order valence-electron chi connectivity index (χ4n) is 6.81. The van der Waals surface area contributed by atoms with E-state index in [2.05, 4.69) is 50.0 Å². The van der Waals surface area contributed by atoms with Crippen LogP contribution in [0, 0.1) is 23.7 Å². The molecule has 164 valence electrons. The maximum atomic E-state index is 6.68. The molecule has 3 saturated heterocycles. The van der Waals surface area contributed by atoms with Gasteiger partial charge in [0.25, 0.3) is 0 Å². The van der Waals surface area contributed by atoms with E-state index in [0.717, 1.165) is 39.1 Å². The quantitative estimate of drug-likeness (QED) is 0.512.